The number of rotatable bonds is 14. The standard InChI is InChI=1S/C31H36O11/c1-20-13-21(7-11-25(20)41-28(38)30(2,16-32)17-33)5-9-23(36)15-24(37)10-6-22-8-12-26(27(14-22)40-4)42-29(39)31(3,18-34)19-35/h5-15,32-36H,16-19H2,1-4H3/b9-5+,10-6+,23-15?. The van der Waals surface area contributed by atoms with Crippen LogP contribution in [0, 0.1) is 17.8 Å². The van der Waals surface area contributed by atoms with Gasteiger partial charge in [-0.15, -0.1) is 0 Å². The maximum Gasteiger partial charge on any atom is 0.322 e. The Morgan fingerprint density at radius 1 is 0.738 bits per heavy atom. The highest BCUT2D eigenvalue weighted by molar-refractivity contribution is 6.02. The first kappa shape index (κ1) is 33.9. The largest absolute Gasteiger partial charge is 0.508 e. The molecule has 0 saturated carbocycles. The normalized spacial score (nSPS) is 12.5. The van der Waals surface area contributed by atoms with Crippen LogP contribution in [0.2, 0.25) is 0 Å². The van der Waals surface area contributed by atoms with Crippen molar-refractivity contribution >= 4 is 29.9 Å². The first-order valence-corrected chi connectivity index (χ1v) is 12.8. The predicted molar refractivity (Wildman–Crippen MR) is 154 cm³/mol. The van der Waals surface area contributed by atoms with Gasteiger partial charge in [-0.1, -0.05) is 24.3 Å². The Labute approximate surface area is 243 Å². The van der Waals surface area contributed by atoms with Crippen LogP contribution in [0.15, 0.2) is 60.4 Å². The lowest BCUT2D eigenvalue weighted by Crippen LogP contribution is -2.38. The Morgan fingerprint density at radius 2 is 1.21 bits per heavy atom. The molecule has 5 N–H and O–H groups in total. The van der Waals surface area contributed by atoms with E-state index in [1.165, 1.54) is 57.4 Å². The minimum absolute atomic E-state index is 0.0667. The van der Waals surface area contributed by atoms with Crippen molar-refractivity contribution in [3.63, 3.8) is 0 Å². The lowest BCUT2D eigenvalue weighted by molar-refractivity contribution is -0.151. The zero-order valence-corrected chi connectivity index (χ0v) is 23.9. The SMILES string of the molecule is COc1cc(/C=C/C(=O)C=C(O)/C=C/c2ccc(OC(=O)C(C)(CO)CO)c(C)c2)ccc1OC(=O)C(C)(CO)CO. The molecule has 0 aromatic heterocycles. The zero-order chi connectivity index (χ0) is 31.5. The van der Waals surface area contributed by atoms with Crippen molar-refractivity contribution in [1.82, 2.24) is 0 Å². The zero-order valence-electron chi connectivity index (χ0n) is 23.9. The topological polar surface area (TPSA) is 180 Å². The van der Waals surface area contributed by atoms with Gasteiger partial charge in [0.1, 0.15) is 22.3 Å². The monoisotopic (exact) mass is 584 g/mol. The van der Waals surface area contributed by atoms with Crippen molar-refractivity contribution in [1.29, 1.82) is 0 Å². The summed E-state index contributed by atoms with van der Waals surface area (Å²) in [5.74, 6) is -1.93. The average Bonchev–Trinajstić information content (AvgIpc) is 2.99. The lowest BCUT2D eigenvalue weighted by atomic mass is 9.93. The summed E-state index contributed by atoms with van der Waals surface area (Å²) in [6.45, 7) is 2.08. The van der Waals surface area contributed by atoms with Crippen LogP contribution < -0.4 is 14.2 Å². The molecule has 2 aromatic rings. The number of carbonyl (C=O) groups excluding carboxylic acids is 3. The summed E-state index contributed by atoms with van der Waals surface area (Å²) in [5, 5.41) is 47.6. The van der Waals surface area contributed by atoms with Gasteiger partial charge < -0.3 is 39.7 Å². The number of aliphatic hydroxyl groups is 5. The summed E-state index contributed by atoms with van der Waals surface area (Å²) < 4.78 is 15.8. The fraction of sp³-hybridized carbons (Fsp3) is 0.323. The van der Waals surface area contributed by atoms with Crippen LogP contribution in [0.5, 0.6) is 17.2 Å². The minimum atomic E-state index is -1.49. The fourth-order valence-corrected chi connectivity index (χ4v) is 3.17. The van der Waals surface area contributed by atoms with Crippen molar-refractivity contribution in [2.75, 3.05) is 33.5 Å². The molecule has 2 rings (SSSR count). The molecule has 0 aliphatic rings. The molecular formula is C31H36O11. The van der Waals surface area contributed by atoms with E-state index in [0.717, 1.165) is 6.08 Å². The number of aliphatic hydroxyl groups excluding tert-OH is 5. The molecule has 0 aliphatic carbocycles. The summed E-state index contributed by atoms with van der Waals surface area (Å²) in [6, 6.07) is 9.37. The van der Waals surface area contributed by atoms with Gasteiger partial charge >= 0.3 is 11.9 Å². The Balaban J connectivity index is 2.07. The van der Waals surface area contributed by atoms with Gasteiger partial charge in [-0.25, -0.2) is 0 Å². The highest BCUT2D eigenvalue weighted by Crippen LogP contribution is 2.31. The maximum atomic E-state index is 12.3. The summed E-state index contributed by atoms with van der Waals surface area (Å²) >= 11 is 0. The number of methoxy groups -OCH3 is 1. The molecule has 0 aliphatic heterocycles. The Morgan fingerprint density at radius 3 is 1.71 bits per heavy atom. The molecule has 0 unspecified atom stereocenters. The highest BCUT2D eigenvalue weighted by Gasteiger charge is 2.35. The molecular weight excluding hydrogens is 548 g/mol. The highest BCUT2D eigenvalue weighted by atomic mass is 16.6. The molecule has 11 nitrogen and oxygen atoms in total. The maximum absolute atomic E-state index is 12.3. The number of hydrogen-bond acceptors (Lipinski definition) is 11. The second-order valence-electron chi connectivity index (χ2n) is 10.1. The van der Waals surface area contributed by atoms with Crippen molar-refractivity contribution in [3.05, 3.63) is 77.1 Å². The summed E-state index contributed by atoms with van der Waals surface area (Å²) in [4.78, 5) is 36.9. The van der Waals surface area contributed by atoms with Crippen LogP contribution in [0.4, 0.5) is 0 Å². The van der Waals surface area contributed by atoms with Gasteiger partial charge in [0.2, 0.25) is 0 Å². The molecule has 0 amide bonds. The number of aryl methyl sites for hydroxylation is 1. The number of ether oxygens (including phenoxy) is 3. The van der Waals surface area contributed by atoms with E-state index in [9.17, 15) is 39.9 Å². The van der Waals surface area contributed by atoms with Crippen molar-refractivity contribution in [2.24, 2.45) is 10.8 Å². The molecule has 0 heterocycles. The van der Waals surface area contributed by atoms with Crippen LogP contribution in [0.3, 0.4) is 0 Å². The van der Waals surface area contributed by atoms with E-state index in [2.05, 4.69) is 0 Å². The fourth-order valence-electron chi connectivity index (χ4n) is 3.17. The number of esters is 2. The summed E-state index contributed by atoms with van der Waals surface area (Å²) in [6.07, 6.45) is 6.57. The van der Waals surface area contributed by atoms with Crippen LogP contribution in [-0.2, 0) is 14.4 Å². The number of benzene rings is 2. The second kappa shape index (κ2) is 15.1. The molecule has 11 heteroatoms. The van der Waals surface area contributed by atoms with Gasteiger partial charge in [0.15, 0.2) is 17.3 Å². The first-order valence-electron chi connectivity index (χ1n) is 12.8. The number of hydrogen-bond donors (Lipinski definition) is 5. The van der Waals surface area contributed by atoms with Crippen molar-refractivity contribution in [3.8, 4) is 17.2 Å². The van der Waals surface area contributed by atoms with Gasteiger partial charge in [0.05, 0.1) is 33.5 Å². The average molecular weight is 585 g/mol. The molecule has 0 fully saturated rings. The first-order chi connectivity index (χ1) is 19.8. The summed E-state index contributed by atoms with van der Waals surface area (Å²) in [5.41, 5.74) is -1.14. The van der Waals surface area contributed by atoms with Gasteiger partial charge in [0.25, 0.3) is 0 Å². The quantitative estimate of drug-likeness (QED) is 0.0724. The van der Waals surface area contributed by atoms with E-state index in [4.69, 9.17) is 14.2 Å². The third-order valence-corrected chi connectivity index (χ3v) is 6.35. The van der Waals surface area contributed by atoms with E-state index < -0.39 is 55.0 Å². The molecule has 0 bridgehead atoms. The van der Waals surface area contributed by atoms with E-state index in [-0.39, 0.29) is 23.0 Å². The van der Waals surface area contributed by atoms with Gasteiger partial charge in [0, 0.05) is 6.08 Å². The van der Waals surface area contributed by atoms with Gasteiger partial charge in [-0.2, -0.15) is 0 Å². The van der Waals surface area contributed by atoms with E-state index in [1.54, 1.807) is 31.2 Å². The summed E-state index contributed by atoms with van der Waals surface area (Å²) in [7, 11) is 1.36. The second-order valence-corrected chi connectivity index (χ2v) is 10.1. The van der Waals surface area contributed by atoms with E-state index >= 15 is 0 Å². The molecule has 0 saturated heterocycles. The van der Waals surface area contributed by atoms with Crippen LogP contribution in [0.25, 0.3) is 12.2 Å². The van der Waals surface area contributed by atoms with E-state index in [1.807, 2.05) is 0 Å². The Bertz CT molecular complexity index is 1360. The molecule has 2 aromatic carbocycles. The molecule has 226 valence electrons. The molecule has 0 atom stereocenters. The predicted octanol–water partition coefficient (Wildman–Crippen LogP) is 2.53. The van der Waals surface area contributed by atoms with Crippen molar-refractivity contribution < 1.29 is 54.1 Å². The number of carbonyl (C=O) groups is 3. The van der Waals surface area contributed by atoms with Crippen LogP contribution in [-0.4, -0.2) is 76.8 Å². The molecule has 0 spiro atoms. The van der Waals surface area contributed by atoms with Gasteiger partial charge in [-0.3, -0.25) is 14.4 Å². The molecule has 42 heavy (non-hydrogen) atoms. The lowest BCUT2D eigenvalue weighted by Gasteiger charge is -2.22. The third kappa shape index (κ3) is 8.85. The number of allylic oxidation sites excluding steroid dienone is 3. The van der Waals surface area contributed by atoms with Crippen molar-refractivity contribution in [2.45, 2.75) is 20.8 Å². The smallest absolute Gasteiger partial charge is 0.322 e. The third-order valence-electron chi connectivity index (χ3n) is 6.35. The van der Waals surface area contributed by atoms with Gasteiger partial charge in [-0.05, 0) is 73.9 Å². The Hall–Kier alpha value is -4.29. The Kier molecular flexibility index (Phi) is 12.2. The molecule has 0 radical (unpaired) electrons. The van der Waals surface area contributed by atoms with Crippen LogP contribution in [0.1, 0.15) is 30.5 Å². The number of ketones is 1. The minimum Gasteiger partial charge on any atom is -0.508 e. The van der Waals surface area contributed by atoms with E-state index in [0.29, 0.717) is 16.7 Å². The van der Waals surface area contributed by atoms with Crippen LogP contribution >= 0.6 is 0 Å².